The van der Waals surface area contributed by atoms with E-state index in [4.69, 9.17) is 9.47 Å². The highest BCUT2D eigenvalue weighted by Gasteiger charge is 2.17. The zero-order valence-electron chi connectivity index (χ0n) is 15.2. The van der Waals surface area contributed by atoms with Crippen LogP contribution in [0.15, 0.2) is 91.1 Å². The Morgan fingerprint density at radius 2 is 1.21 bits per heavy atom. The van der Waals surface area contributed by atoms with E-state index in [0.717, 1.165) is 0 Å². The van der Waals surface area contributed by atoms with Crippen LogP contribution in [0.3, 0.4) is 0 Å². The zero-order chi connectivity index (χ0) is 20.1. The maximum atomic E-state index is 12.7. The van der Waals surface area contributed by atoms with Gasteiger partial charge in [0.1, 0.15) is 11.5 Å². The number of H-pyrrole nitrogens is 1. The number of nitrogens with one attached hydrogen (secondary N) is 1. The fraction of sp³-hybridized carbons (Fsp3) is 0. The average Bonchev–Trinajstić information content (AvgIpc) is 3.30. The van der Waals surface area contributed by atoms with Crippen molar-refractivity contribution < 1.29 is 19.1 Å². The molecule has 1 N–H and O–H groups in total. The average molecular weight is 384 g/mol. The number of carbonyl (C=O) groups is 2. The van der Waals surface area contributed by atoms with E-state index in [1.54, 1.807) is 72.9 Å². The smallest absolute Gasteiger partial charge is 0.343 e. The third kappa shape index (κ3) is 4.39. The highest BCUT2D eigenvalue weighted by Crippen LogP contribution is 2.23. The molecule has 6 heteroatoms. The third-order valence-electron chi connectivity index (χ3n) is 4.12. The standard InChI is InChI=1S/C23H16N2O4/c26-22(28-19-7-3-1-4-8-19)17-13-16(21-11-12-24-25-21)14-18(15-17)23(27)29-20-9-5-2-6-10-20/h1-15H,(H,24,25). The van der Waals surface area contributed by atoms with Crippen LogP contribution in [-0.2, 0) is 0 Å². The first-order chi connectivity index (χ1) is 14.2. The van der Waals surface area contributed by atoms with Gasteiger partial charge in [0.15, 0.2) is 0 Å². The van der Waals surface area contributed by atoms with Gasteiger partial charge in [-0.05, 0) is 48.5 Å². The normalized spacial score (nSPS) is 10.3. The first-order valence-electron chi connectivity index (χ1n) is 8.88. The van der Waals surface area contributed by atoms with Gasteiger partial charge in [0.05, 0.1) is 16.8 Å². The van der Waals surface area contributed by atoms with Crippen LogP contribution in [0, 0.1) is 0 Å². The van der Waals surface area contributed by atoms with E-state index in [2.05, 4.69) is 10.2 Å². The van der Waals surface area contributed by atoms with Gasteiger partial charge in [-0.25, -0.2) is 9.59 Å². The van der Waals surface area contributed by atoms with Crippen LogP contribution in [0.4, 0.5) is 0 Å². The Hall–Kier alpha value is -4.19. The number of hydrogen-bond donors (Lipinski definition) is 1. The minimum Gasteiger partial charge on any atom is -0.423 e. The lowest BCUT2D eigenvalue weighted by molar-refractivity contribution is 0.0734. The summed E-state index contributed by atoms with van der Waals surface area (Å²) in [7, 11) is 0. The lowest BCUT2D eigenvalue weighted by Gasteiger charge is -2.09. The first-order valence-corrected chi connectivity index (χ1v) is 8.88. The monoisotopic (exact) mass is 384 g/mol. The predicted octanol–water partition coefficient (Wildman–Crippen LogP) is 4.52. The van der Waals surface area contributed by atoms with Crippen LogP contribution in [0.2, 0.25) is 0 Å². The number of benzene rings is 3. The van der Waals surface area contributed by atoms with Crippen molar-refractivity contribution in [3.8, 4) is 22.8 Å². The highest BCUT2D eigenvalue weighted by atomic mass is 16.5. The van der Waals surface area contributed by atoms with Crippen molar-refractivity contribution >= 4 is 11.9 Å². The van der Waals surface area contributed by atoms with Crippen LogP contribution in [0.25, 0.3) is 11.3 Å². The predicted molar refractivity (Wildman–Crippen MR) is 107 cm³/mol. The van der Waals surface area contributed by atoms with E-state index in [9.17, 15) is 9.59 Å². The van der Waals surface area contributed by atoms with E-state index in [1.165, 1.54) is 6.07 Å². The van der Waals surface area contributed by atoms with Gasteiger partial charge in [-0.1, -0.05) is 36.4 Å². The number of aromatic nitrogens is 2. The van der Waals surface area contributed by atoms with Crippen LogP contribution >= 0.6 is 0 Å². The van der Waals surface area contributed by atoms with Gasteiger partial charge in [0, 0.05) is 11.8 Å². The molecule has 6 nitrogen and oxygen atoms in total. The minimum absolute atomic E-state index is 0.223. The maximum absolute atomic E-state index is 12.7. The molecule has 4 aromatic rings. The van der Waals surface area contributed by atoms with Gasteiger partial charge < -0.3 is 9.47 Å². The summed E-state index contributed by atoms with van der Waals surface area (Å²) in [5.41, 5.74) is 1.72. The summed E-state index contributed by atoms with van der Waals surface area (Å²) in [4.78, 5) is 25.3. The number of para-hydroxylation sites is 2. The molecule has 0 fully saturated rings. The number of nitrogens with zero attached hydrogens (tertiary/aromatic N) is 1. The molecule has 0 aliphatic carbocycles. The first kappa shape index (κ1) is 18.2. The Kier molecular flexibility index (Phi) is 5.16. The van der Waals surface area contributed by atoms with Crippen molar-refractivity contribution in [1.29, 1.82) is 0 Å². The molecule has 0 amide bonds. The van der Waals surface area contributed by atoms with Crippen molar-refractivity contribution in [2.45, 2.75) is 0 Å². The van der Waals surface area contributed by atoms with Gasteiger partial charge in [0.25, 0.3) is 0 Å². The Morgan fingerprint density at radius 3 is 1.66 bits per heavy atom. The molecule has 0 unspecified atom stereocenters. The van der Waals surface area contributed by atoms with Gasteiger partial charge >= 0.3 is 11.9 Å². The molecule has 3 aromatic carbocycles. The summed E-state index contributed by atoms with van der Waals surface area (Å²) in [5.74, 6) is -0.326. The second kappa shape index (κ2) is 8.22. The topological polar surface area (TPSA) is 81.3 Å². The zero-order valence-corrected chi connectivity index (χ0v) is 15.2. The van der Waals surface area contributed by atoms with E-state index < -0.39 is 11.9 Å². The highest BCUT2D eigenvalue weighted by molar-refractivity contribution is 5.98. The lowest BCUT2D eigenvalue weighted by atomic mass is 10.0. The van der Waals surface area contributed by atoms with E-state index in [-0.39, 0.29) is 11.1 Å². The van der Waals surface area contributed by atoms with Crippen LogP contribution < -0.4 is 9.47 Å². The van der Waals surface area contributed by atoms with Crippen molar-refractivity contribution in [3.63, 3.8) is 0 Å². The molecule has 4 rings (SSSR count). The van der Waals surface area contributed by atoms with Crippen molar-refractivity contribution in [3.05, 3.63) is 102 Å². The summed E-state index contributed by atoms with van der Waals surface area (Å²) in [5, 5.41) is 6.76. The number of ether oxygens (including phenoxy) is 2. The van der Waals surface area contributed by atoms with Gasteiger partial charge in [0.2, 0.25) is 0 Å². The quantitative estimate of drug-likeness (QED) is 0.404. The summed E-state index contributed by atoms with van der Waals surface area (Å²) in [6.07, 6.45) is 1.59. The molecule has 0 atom stereocenters. The second-order valence-corrected chi connectivity index (χ2v) is 6.17. The van der Waals surface area contributed by atoms with Crippen LogP contribution in [0.1, 0.15) is 20.7 Å². The Bertz CT molecular complexity index is 1050. The van der Waals surface area contributed by atoms with Crippen molar-refractivity contribution in [1.82, 2.24) is 10.2 Å². The largest absolute Gasteiger partial charge is 0.423 e. The van der Waals surface area contributed by atoms with Crippen molar-refractivity contribution in [2.75, 3.05) is 0 Å². The molecule has 29 heavy (non-hydrogen) atoms. The fourth-order valence-corrected chi connectivity index (χ4v) is 2.74. The van der Waals surface area contributed by atoms with Crippen LogP contribution in [-0.4, -0.2) is 22.1 Å². The van der Waals surface area contributed by atoms with E-state index in [1.807, 2.05) is 12.1 Å². The molecule has 0 saturated heterocycles. The van der Waals surface area contributed by atoms with Gasteiger partial charge in [-0.3, -0.25) is 5.10 Å². The molecule has 1 heterocycles. The molecule has 1 aromatic heterocycles. The van der Waals surface area contributed by atoms with Gasteiger partial charge in [-0.15, -0.1) is 0 Å². The molecule has 0 aliphatic rings. The molecular formula is C23H16N2O4. The Balaban J connectivity index is 1.67. The molecule has 142 valence electrons. The molecular weight excluding hydrogens is 368 g/mol. The lowest BCUT2D eigenvalue weighted by Crippen LogP contribution is -2.13. The Morgan fingerprint density at radius 1 is 0.690 bits per heavy atom. The minimum atomic E-state index is -0.577. The summed E-state index contributed by atoms with van der Waals surface area (Å²) >= 11 is 0. The van der Waals surface area contributed by atoms with Crippen molar-refractivity contribution in [2.24, 2.45) is 0 Å². The molecule has 0 bridgehead atoms. The molecule has 0 saturated carbocycles. The van der Waals surface area contributed by atoms with E-state index in [0.29, 0.717) is 22.8 Å². The number of carbonyl (C=O) groups excluding carboxylic acids is 2. The Labute approximate surface area is 166 Å². The third-order valence-corrected chi connectivity index (χ3v) is 4.12. The fourth-order valence-electron chi connectivity index (χ4n) is 2.74. The number of esters is 2. The maximum Gasteiger partial charge on any atom is 0.343 e. The van der Waals surface area contributed by atoms with E-state index >= 15 is 0 Å². The second-order valence-electron chi connectivity index (χ2n) is 6.17. The SMILES string of the molecule is O=C(Oc1ccccc1)c1cc(C(=O)Oc2ccccc2)cc(-c2ccn[nH]2)c1. The number of hydrogen-bond acceptors (Lipinski definition) is 5. The number of aromatic amines is 1. The molecule has 0 spiro atoms. The van der Waals surface area contributed by atoms with Gasteiger partial charge in [-0.2, -0.15) is 5.10 Å². The summed E-state index contributed by atoms with van der Waals surface area (Å²) in [6, 6.07) is 23.9. The summed E-state index contributed by atoms with van der Waals surface area (Å²) in [6.45, 7) is 0. The summed E-state index contributed by atoms with van der Waals surface area (Å²) < 4.78 is 10.8. The molecule has 0 radical (unpaired) electrons. The molecule has 0 aliphatic heterocycles. The van der Waals surface area contributed by atoms with Crippen LogP contribution in [0.5, 0.6) is 11.5 Å². The number of rotatable bonds is 5.